The fourth-order valence-corrected chi connectivity index (χ4v) is 3.89. The number of hydrogen-bond donors (Lipinski definition) is 1. The van der Waals surface area contributed by atoms with Gasteiger partial charge in [0.15, 0.2) is 0 Å². The number of benzene rings is 1. The summed E-state index contributed by atoms with van der Waals surface area (Å²) < 4.78 is 31.1. The molecule has 1 fully saturated rings. The van der Waals surface area contributed by atoms with Crippen LogP contribution in [0.2, 0.25) is 5.02 Å². The van der Waals surface area contributed by atoms with Gasteiger partial charge in [0.2, 0.25) is 10.0 Å². The van der Waals surface area contributed by atoms with Gasteiger partial charge in [0.05, 0.1) is 23.1 Å². The molecule has 0 bridgehead atoms. The Balaban J connectivity index is 2.14. The second kappa shape index (κ2) is 5.89. The maximum atomic E-state index is 12.4. The molecule has 0 amide bonds. The third-order valence-corrected chi connectivity index (χ3v) is 5.67. The third kappa shape index (κ3) is 3.09. The van der Waals surface area contributed by atoms with E-state index in [-0.39, 0.29) is 21.9 Å². The molecule has 1 aliphatic rings. The number of aliphatic hydroxyl groups is 1. The smallest absolute Gasteiger partial charge is 0.242 e. The third-order valence-electron chi connectivity index (χ3n) is 3.56. The summed E-state index contributed by atoms with van der Waals surface area (Å²) in [5.74, 6) is 0.661. The van der Waals surface area contributed by atoms with E-state index in [9.17, 15) is 13.5 Å². The van der Waals surface area contributed by atoms with Crippen LogP contribution >= 0.6 is 11.6 Å². The fraction of sp³-hybridized carbons (Fsp3) is 0.538. The predicted molar refractivity (Wildman–Crippen MR) is 76.6 cm³/mol. The lowest BCUT2D eigenvalue weighted by Gasteiger charge is -2.34. The molecule has 0 atom stereocenters. The van der Waals surface area contributed by atoms with Gasteiger partial charge in [-0.25, -0.2) is 12.7 Å². The van der Waals surface area contributed by atoms with Crippen LogP contribution in [-0.4, -0.2) is 44.6 Å². The van der Waals surface area contributed by atoms with Gasteiger partial charge in [-0.05, 0) is 37.0 Å². The lowest BCUT2D eigenvalue weighted by atomic mass is 9.82. The molecule has 0 radical (unpaired) electrons. The average Bonchev–Trinajstić information content (AvgIpc) is 2.36. The highest BCUT2D eigenvalue weighted by Crippen LogP contribution is 2.31. The Bertz CT molecular complexity index is 584. The topological polar surface area (TPSA) is 66.8 Å². The van der Waals surface area contributed by atoms with Crippen molar-refractivity contribution in [2.75, 3.05) is 20.7 Å². The molecule has 1 aromatic rings. The molecule has 20 heavy (non-hydrogen) atoms. The van der Waals surface area contributed by atoms with E-state index in [1.807, 2.05) is 0 Å². The maximum absolute atomic E-state index is 12.4. The monoisotopic (exact) mass is 319 g/mol. The summed E-state index contributed by atoms with van der Waals surface area (Å²) in [7, 11) is -0.548. The van der Waals surface area contributed by atoms with E-state index in [1.54, 1.807) is 0 Å². The summed E-state index contributed by atoms with van der Waals surface area (Å²) in [6, 6.07) is 4.41. The molecule has 0 heterocycles. The van der Waals surface area contributed by atoms with Crippen molar-refractivity contribution in [1.82, 2.24) is 4.31 Å². The van der Waals surface area contributed by atoms with Crippen molar-refractivity contribution < 1.29 is 18.3 Å². The van der Waals surface area contributed by atoms with Gasteiger partial charge >= 0.3 is 0 Å². The first kappa shape index (κ1) is 15.6. The maximum Gasteiger partial charge on any atom is 0.242 e. The molecule has 0 aromatic heterocycles. The van der Waals surface area contributed by atoms with Gasteiger partial charge in [0.1, 0.15) is 5.75 Å². The van der Waals surface area contributed by atoms with Crippen LogP contribution in [0.1, 0.15) is 12.8 Å². The number of methoxy groups -OCH3 is 1. The highest BCUT2D eigenvalue weighted by atomic mass is 35.5. The molecule has 7 heteroatoms. The van der Waals surface area contributed by atoms with Crippen molar-refractivity contribution in [3.05, 3.63) is 23.2 Å². The normalized spacial score (nSPS) is 22.6. The molecule has 2 rings (SSSR count). The summed E-state index contributed by atoms with van der Waals surface area (Å²) >= 11 is 5.96. The molecule has 0 saturated heterocycles. The predicted octanol–water partition coefficient (Wildman–Crippen LogP) is 1.74. The van der Waals surface area contributed by atoms with Crippen molar-refractivity contribution in [2.45, 2.75) is 23.8 Å². The lowest BCUT2D eigenvalue weighted by molar-refractivity contribution is 0.0367. The fourth-order valence-electron chi connectivity index (χ4n) is 2.30. The highest BCUT2D eigenvalue weighted by Gasteiger charge is 2.31. The number of aliphatic hydroxyl groups excluding tert-OH is 1. The van der Waals surface area contributed by atoms with Gasteiger partial charge in [-0.2, -0.15) is 0 Å². The van der Waals surface area contributed by atoms with E-state index < -0.39 is 10.0 Å². The minimum atomic E-state index is -3.56. The van der Waals surface area contributed by atoms with Crippen LogP contribution in [0.4, 0.5) is 0 Å². The number of hydrogen-bond acceptors (Lipinski definition) is 4. The zero-order valence-corrected chi connectivity index (χ0v) is 13.0. The second-order valence-electron chi connectivity index (χ2n) is 5.07. The Hall–Kier alpha value is -0.820. The Labute approximate surface area is 124 Å². The first-order chi connectivity index (χ1) is 9.34. The van der Waals surface area contributed by atoms with E-state index in [0.717, 1.165) is 0 Å². The Kier molecular flexibility index (Phi) is 4.59. The molecule has 5 nitrogen and oxygen atoms in total. The summed E-state index contributed by atoms with van der Waals surface area (Å²) in [6.45, 7) is 0.406. The van der Waals surface area contributed by atoms with Crippen LogP contribution in [0.25, 0.3) is 0 Å². The molecule has 1 N–H and O–H groups in total. The number of rotatable bonds is 5. The highest BCUT2D eigenvalue weighted by molar-refractivity contribution is 7.89. The Morgan fingerprint density at radius 3 is 2.60 bits per heavy atom. The van der Waals surface area contributed by atoms with Crippen molar-refractivity contribution in [2.24, 2.45) is 5.92 Å². The lowest BCUT2D eigenvalue weighted by Crippen LogP contribution is -2.39. The van der Waals surface area contributed by atoms with E-state index in [2.05, 4.69) is 0 Å². The first-order valence-corrected chi connectivity index (χ1v) is 8.14. The summed E-state index contributed by atoms with van der Waals surface area (Å²) in [5.41, 5.74) is 0. The SMILES string of the molecule is COc1ccc(S(=O)(=O)N(C)CC2CC(O)C2)cc1Cl. The molecule has 1 saturated carbocycles. The van der Waals surface area contributed by atoms with Crippen molar-refractivity contribution in [3.63, 3.8) is 0 Å². The second-order valence-corrected chi connectivity index (χ2v) is 7.53. The standard InChI is InChI=1S/C13H18ClNO4S/c1-15(8-9-5-10(16)6-9)20(17,18)11-3-4-13(19-2)12(14)7-11/h3-4,7,9-10,16H,5-6,8H2,1-2H3. The van der Waals surface area contributed by atoms with Crippen molar-refractivity contribution in [1.29, 1.82) is 0 Å². The molecule has 1 aliphatic carbocycles. The van der Waals surface area contributed by atoms with E-state index in [4.69, 9.17) is 16.3 Å². The molecule has 112 valence electrons. The number of sulfonamides is 1. The molecular weight excluding hydrogens is 302 g/mol. The quantitative estimate of drug-likeness (QED) is 0.897. The number of ether oxygens (including phenoxy) is 1. The first-order valence-electron chi connectivity index (χ1n) is 6.32. The van der Waals surface area contributed by atoms with Crippen LogP contribution in [0, 0.1) is 5.92 Å². The van der Waals surface area contributed by atoms with Crippen molar-refractivity contribution >= 4 is 21.6 Å². The Morgan fingerprint density at radius 2 is 2.10 bits per heavy atom. The summed E-state index contributed by atoms with van der Waals surface area (Å²) in [6.07, 6.45) is 1.03. The average molecular weight is 320 g/mol. The van der Waals surface area contributed by atoms with Crippen LogP contribution in [0.15, 0.2) is 23.1 Å². The molecular formula is C13H18ClNO4S. The number of halogens is 1. The van der Waals surface area contributed by atoms with Crippen LogP contribution in [0.3, 0.4) is 0 Å². The largest absolute Gasteiger partial charge is 0.495 e. The molecule has 1 aromatic carbocycles. The van der Waals surface area contributed by atoms with Crippen LogP contribution in [-0.2, 0) is 10.0 Å². The minimum Gasteiger partial charge on any atom is -0.495 e. The molecule has 0 unspecified atom stereocenters. The van der Waals surface area contributed by atoms with Gasteiger partial charge in [0.25, 0.3) is 0 Å². The van der Waals surface area contributed by atoms with Gasteiger partial charge in [-0.3, -0.25) is 0 Å². The van der Waals surface area contributed by atoms with E-state index >= 15 is 0 Å². The van der Waals surface area contributed by atoms with E-state index in [0.29, 0.717) is 25.1 Å². The number of nitrogens with zero attached hydrogens (tertiary/aromatic N) is 1. The van der Waals surface area contributed by atoms with Crippen LogP contribution in [0.5, 0.6) is 5.75 Å². The van der Waals surface area contributed by atoms with Gasteiger partial charge in [-0.15, -0.1) is 0 Å². The van der Waals surface area contributed by atoms with Gasteiger partial charge < -0.3 is 9.84 Å². The van der Waals surface area contributed by atoms with Gasteiger partial charge in [0, 0.05) is 13.6 Å². The van der Waals surface area contributed by atoms with E-state index in [1.165, 1.54) is 36.7 Å². The van der Waals surface area contributed by atoms with Crippen molar-refractivity contribution in [3.8, 4) is 5.75 Å². The zero-order chi connectivity index (χ0) is 14.9. The Morgan fingerprint density at radius 1 is 1.45 bits per heavy atom. The summed E-state index contributed by atoms with van der Waals surface area (Å²) in [5, 5.41) is 9.51. The molecule has 0 spiro atoms. The molecule has 0 aliphatic heterocycles. The summed E-state index contributed by atoms with van der Waals surface area (Å²) in [4.78, 5) is 0.144. The minimum absolute atomic E-state index is 0.144. The zero-order valence-electron chi connectivity index (χ0n) is 11.4. The van der Waals surface area contributed by atoms with Crippen LogP contribution < -0.4 is 4.74 Å². The van der Waals surface area contributed by atoms with Gasteiger partial charge in [-0.1, -0.05) is 11.6 Å².